The molecule has 3 heterocycles. The Bertz CT molecular complexity index is 1280. The number of aryl methyl sites for hydroxylation is 2. The summed E-state index contributed by atoms with van der Waals surface area (Å²) < 4.78 is 7.01. The SMILES string of the molecule is COc1cc(NC(=O)c2cnn3c(C)cc(C)nc23)ccc1NC(=O)c1cccnc1. The fourth-order valence-electron chi connectivity index (χ4n) is 3.19. The monoisotopic (exact) mass is 416 g/mol. The molecule has 0 unspecified atom stereocenters. The van der Waals surface area contributed by atoms with Crippen LogP contribution in [0.25, 0.3) is 5.65 Å². The molecule has 0 atom stereocenters. The highest BCUT2D eigenvalue weighted by Gasteiger charge is 2.17. The number of carbonyl (C=O) groups is 2. The Kier molecular flexibility index (Phi) is 5.31. The van der Waals surface area contributed by atoms with Crippen molar-refractivity contribution in [2.45, 2.75) is 13.8 Å². The van der Waals surface area contributed by atoms with E-state index in [1.807, 2.05) is 19.9 Å². The van der Waals surface area contributed by atoms with E-state index >= 15 is 0 Å². The predicted octanol–water partition coefficient (Wildman–Crippen LogP) is 3.25. The zero-order valence-corrected chi connectivity index (χ0v) is 17.2. The van der Waals surface area contributed by atoms with Gasteiger partial charge < -0.3 is 15.4 Å². The number of rotatable bonds is 5. The lowest BCUT2D eigenvalue weighted by Crippen LogP contribution is -2.14. The maximum atomic E-state index is 12.8. The molecule has 2 N–H and O–H groups in total. The van der Waals surface area contributed by atoms with E-state index in [-0.39, 0.29) is 11.8 Å². The normalized spacial score (nSPS) is 10.7. The van der Waals surface area contributed by atoms with E-state index in [1.54, 1.807) is 41.0 Å². The smallest absolute Gasteiger partial charge is 0.261 e. The van der Waals surface area contributed by atoms with Gasteiger partial charge in [0.15, 0.2) is 5.65 Å². The minimum atomic E-state index is -0.346. The van der Waals surface area contributed by atoms with Crippen LogP contribution in [0.4, 0.5) is 11.4 Å². The number of hydrogen-bond acceptors (Lipinski definition) is 6. The second-order valence-electron chi connectivity index (χ2n) is 6.90. The number of fused-ring (bicyclic) bond motifs is 1. The van der Waals surface area contributed by atoms with E-state index in [0.717, 1.165) is 11.4 Å². The van der Waals surface area contributed by atoms with E-state index in [1.165, 1.54) is 19.5 Å². The summed E-state index contributed by atoms with van der Waals surface area (Å²) in [7, 11) is 1.49. The van der Waals surface area contributed by atoms with Gasteiger partial charge in [0.1, 0.15) is 11.3 Å². The lowest BCUT2D eigenvalue weighted by molar-refractivity contribution is 0.101. The Hall–Kier alpha value is -4.27. The maximum Gasteiger partial charge on any atom is 0.261 e. The molecule has 9 heteroatoms. The van der Waals surface area contributed by atoms with Crippen molar-refractivity contribution < 1.29 is 14.3 Å². The van der Waals surface area contributed by atoms with Crippen LogP contribution in [0.3, 0.4) is 0 Å². The van der Waals surface area contributed by atoms with Crippen LogP contribution in [-0.2, 0) is 0 Å². The molecule has 1 aromatic carbocycles. The van der Waals surface area contributed by atoms with Crippen molar-refractivity contribution in [2.24, 2.45) is 0 Å². The van der Waals surface area contributed by atoms with Crippen LogP contribution in [0.5, 0.6) is 5.75 Å². The molecule has 0 bridgehead atoms. The number of amides is 2. The van der Waals surface area contributed by atoms with Gasteiger partial charge in [-0.15, -0.1) is 0 Å². The molecule has 9 nitrogen and oxygen atoms in total. The average Bonchev–Trinajstić information content (AvgIpc) is 3.19. The number of hydrogen-bond donors (Lipinski definition) is 2. The van der Waals surface area contributed by atoms with Crippen molar-refractivity contribution in [1.29, 1.82) is 0 Å². The van der Waals surface area contributed by atoms with E-state index < -0.39 is 0 Å². The highest BCUT2D eigenvalue weighted by Crippen LogP contribution is 2.29. The number of nitrogens with zero attached hydrogens (tertiary/aromatic N) is 4. The van der Waals surface area contributed by atoms with Crippen LogP contribution in [0.2, 0.25) is 0 Å². The van der Waals surface area contributed by atoms with Gasteiger partial charge in [0.25, 0.3) is 11.8 Å². The maximum absolute atomic E-state index is 12.8. The second kappa shape index (κ2) is 8.23. The Morgan fingerprint density at radius 2 is 1.87 bits per heavy atom. The van der Waals surface area contributed by atoms with E-state index in [0.29, 0.717) is 33.9 Å². The third-order valence-corrected chi connectivity index (χ3v) is 4.65. The Balaban J connectivity index is 1.56. The van der Waals surface area contributed by atoms with Crippen molar-refractivity contribution >= 4 is 28.8 Å². The molecule has 0 aliphatic carbocycles. The third-order valence-electron chi connectivity index (χ3n) is 4.65. The molecule has 4 rings (SSSR count). The lowest BCUT2D eigenvalue weighted by Gasteiger charge is -2.12. The van der Waals surface area contributed by atoms with Crippen LogP contribution in [0.15, 0.2) is 55.0 Å². The molecular formula is C22H20N6O3. The highest BCUT2D eigenvalue weighted by atomic mass is 16.5. The molecule has 0 aliphatic rings. The van der Waals surface area contributed by atoms with Gasteiger partial charge in [0, 0.05) is 35.5 Å². The summed E-state index contributed by atoms with van der Waals surface area (Å²) >= 11 is 0. The molecule has 0 saturated carbocycles. The van der Waals surface area contributed by atoms with E-state index in [2.05, 4.69) is 25.7 Å². The van der Waals surface area contributed by atoms with Crippen molar-refractivity contribution in [2.75, 3.05) is 17.7 Å². The van der Waals surface area contributed by atoms with Crippen molar-refractivity contribution in [3.05, 3.63) is 77.5 Å². The summed E-state index contributed by atoms with van der Waals surface area (Å²) in [6, 6.07) is 10.2. The molecule has 0 saturated heterocycles. The molecule has 0 radical (unpaired) electrons. The van der Waals surface area contributed by atoms with Gasteiger partial charge in [0.2, 0.25) is 0 Å². The van der Waals surface area contributed by atoms with Crippen molar-refractivity contribution in [3.8, 4) is 5.75 Å². The summed E-state index contributed by atoms with van der Waals surface area (Å²) in [5.74, 6) is -0.257. The number of pyridine rings is 1. The van der Waals surface area contributed by atoms with Crippen LogP contribution in [0.1, 0.15) is 32.1 Å². The van der Waals surface area contributed by atoms with Crippen LogP contribution in [0, 0.1) is 13.8 Å². The Labute approximate surface area is 178 Å². The molecule has 3 aromatic heterocycles. The van der Waals surface area contributed by atoms with Gasteiger partial charge in [-0.05, 0) is 44.2 Å². The first-order valence-corrected chi connectivity index (χ1v) is 9.49. The summed E-state index contributed by atoms with van der Waals surface area (Å²) in [5.41, 5.74) is 3.94. The quantitative estimate of drug-likeness (QED) is 0.517. The molecule has 2 amide bonds. The minimum Gasteiger partial charge on any atom is -0.494 e. The number of nitrogens with one attached hydrogen (secondary N) is 2. The summed E-state index contributed by atoms with van der Waals surface area (Å²) in [6.45, 7) is 3.77. The molecule has 156 valence electrons. The largest absolute Gasteiger partial charge is 0.494 e. The molecule has 0 spiro atoms. The average molecular weight is 416 g/mol. The first kappa shape index (κ1) is 20.0. The first-order valence-electron chi connectivity index (χ1n) is 9.49. The number of methoxy groups -OCH3 is 1. The predicted molar refractivity (Wildman–Crippen MR) is 116 cm³/mol. The third kappa shape index (κ3) is 4.06. The summed E-state index contributed by atoms with van der Waals surface area (Å²) in [6.07, 6.45) is 4.56. The van der Waals surface area contributed by atoms with Crippen LogP contribution >= 0.6 is 0 Å². The Morgan fingerprint density at radius 1 is 1.03 bits per heavy atom. The molecular weight excluding hydrogens is 396 g/mol. The van der Waals surface area contributed by atoms with E-state index in [4.69, 9.17) is 4.74 Å². The number of benzene rings is 1. The standard InChI is InChI=1S/C22H20N6O3/c1-13-9-14(2)28-20(25-13)17(12-24-28)22(30)26-16-6-7-18(19(10-16)31-3)27-21(29)15-5-4-8-23-11-15/h4-12H,1-3H3,(H,26,30)(H,27,29). The lowest BCUT2D eigenvalue weighted by atomic mass is 10.2. The van der Waals surface area contributed by atoms with E-state index in [9.17, 15) is 9.59 Å². The Morgan fingerprint density at radius 3 is 2.61 bits per heavy atom. The van der Waals surface area contributed by atoms with Crippen LogP contribution < -0.4 is 15.4 Å². The molecule has 4 aromatic rings. The molecule has 31 heavy (non-hydrogen) atoms. The van der Waals surface area contributed by atoms with Gasteiger partial charge >= 0.3 is 0 Å². The zero-order chi connectivity index (χ0) is 22.0. The first-order chi connectivity index (χ1) is 15.0. The zero-order valence-electron chi connectivity index (χ0n) is 17.2. The van der Waals surface area contributed by atoms with Gasteiger partial charge in [-0.1, -0.05) is 0 Å². The molecule has 0 fully saturated rings. The van der Waals surface area contributed by atoms with Gasteiger partial charge in [0.05, 0.1) is 24.6 Å². The summed E-state index contributed by atoms with van der Waals surface area (Å²) in [5, 5.41) is 9.86. The summed E-state index contributed by atoms with van der Waals surface area (Å²) in [4.78, 5) is 33.6. The van der Waals surface area contributed by atoms with Crippen LogP contribution in [-0.4, -0.2) is 38.5 Å². The molecule has 0 aliphatic heterocycles. The second-order valence-corrected chi connectivity index (χ2v) is 6.90. The fraction of sp³-hybridized carbons (Fsp3) is 0.136. The number of carbonyl (C=O) groups excluding carboxylic acids is 2. The minimum absolute atomic E-state index is 0.314. The topological polar surface area (TPSA) is 111 Å². The number of aromatic nitrogens is 4. The number of ether oxygens (including phenoxy) is 1. The van der Waals surface area contributed by atoms with Crippen molar-refractivity contribution in [3.63, 3.8) is 0 Å². The van der Waals surface area contributed by atoms with Gasteiger partial charge in [-0.3, -0.25) is 14.6 Å². The van der Waals surface area contributed by atoms with Gasteiger partial charge in [-0.2, -0.15) is 5.10 Å². The van der Waals surface area contributed by atoms with Gasteiger partial charge in [-0.25, -0.2) is 9.50 Å². The highest BCUT2D eigenvalue weighted by molar-refractivity contribution is 6.09. The fourth-order valence-corrected chi connectivity index (χ4v) is 3.19. The number of anilines is 2. The van der Waals surface area contributed by atoms with Crippen molar-refractivity contribution in [1.82, 2.24) is 19.6 Å².